The Hall–Kier alpha value is -4.51. The highest BCUT2D eigenvalue weighted by molar-refractivity contribution is 6.25. The van der Waals surface area contributed by atoms with Crippen molar-refractivity contribution in [2.24, 2.45) is 17.6 Å². The van der Waals surface area contributed by atoms with Crippen molar-refractivity contribution in [3.63, 3.8) is 0 Å². The molecule has 1 amide bonds. The Kier molecular flexibility index (Phi) is 6.92. The van der Waals surface area contributed by atoms with E-state index in [0.717, 1.165) is 34.0 Å². The third kappa shape index (κ3) is 4.09. The molecule has 0 aromatic heterocycles. The van der Waals surface area contributed by atoms with Gasteiger partial charge in [0.25, 0.3) is 5.91 Å². The van der Waals surface area contributed by atoms with Gasteiger partial charge < -0.3 is 31.1 Å². The summed E-state index contributed by atoms with van der Waals surface area (Å²) in [6.45, 7) is 0.733. The molecule has 0 saturated heterocycles. The lowest BCUT2D eigenvalue weighted by Crippen LogP contribution is -2.63. The Morgan fingerprint density at radius 3 is 2.25 bits per heavy atom. The maximum atomic E-state index is 14.2. The van der Waals surface area contributed by atoms with Crippen LogP contribution in [0, 0.1) is 11.8 Å². The monoisotopic (exact) mass is 597 g/mol. The van der Waals surface area contributed by atoms with E-state index in [0.29, 0.717) is 5.56 Å². The SMILES string of the molecule is CN(C)Cc1ccc(-c2ccc(O)c3c2C[C@@H]2C[C@@H]4[C@@H](N(C)C)C(O)=C(C(N)=O)C(=O)[C@@]4(O)C(O)=C2C3=O)c2ccccc12. The lowest BCUT2D eigenvalue weighted by molar-refractivity contribution is -0.148. The molecule has 10 heteroatoms. The van der Waals surface area contributed by atoms with Crippen LogP contribution < -0.4 is 5.73 Å². The molecule has 0 saturated carbocycles. The van der Waals surface area contributed by atoms with E-state index in [1.54, 1.807) is 20.2 Å². The third-order valence-corrected chi connectivity index (χ3v) is 9.40. The van der Waals surface area contributed by atoms with Crippen LogP contribution in [0.25, 0.3) is 21.9 Å². The molecule has 3 aromatic rings. The van der Waals surface area contributed by atoms with E-state index in [1.165, 1.54) is 11.0 Å². The van der Waals surface area contributed by atoms with E-state index in [1.807, 2.05) is 38.4 Å². The Bertz CT molecular complexity index is 1840. The highest BCUT2D eigenvalue weighted by atomic mass is 16.3. The number of phenols is 1. The molecule has 44 heavy (non-hydrogen) atoms. The molecule has 228 valence electrons. The van der Waals surface area contributed by atoms with Gasteiger partial charge in [-0.1, -0.05) is 42.5 Å². The molecule has 0 unspecified atom stereocenters. The van der Waals surface area contributed by atoms with Crippen LogP contribution in [-0.4, -0.2) is 87.5 Å². The van der Waals surface area contributed by atoms with Gasteiger partial charge >= 0.3 is 0 Å². The standard InChI is InChI=1S/C34H35N3O7/c1-36(2)15-16-9-10-20(19-8-6-5-7-18(16)19)21-11-12-24(38)26-22(21)13-17-14-23-28(37(3)4)30(40)27(33(35)43)32(42)34(23,44)31(41)25(17)29(26)39/h5-12,17,23,28,38,40-41,44H,13-15H2,1-4H3,(H2,35,43)/t17-,23-,28-,34+/m1/s1. The number of Topliss-reactive ketones (excluding diaryl/α,β-unsaturated/α-hetero) is 2. The molecule has 3 aromatic carbocycles. The molecule has 3 aliphatic carbocycles. The molecule has 0 bridgehead atoms. The van der Waals surface area contributed by atoms with Crippen molar-refractivity contribution in [2.45, 2.75) is 31.0 Å². The maximum absolute atomic E-state index is 14.2. The number of aliphatic hydroxyl groups is 3. The van der Waals surface area contributed by atoms with Crippen LogP contribution in [0.5, 0.6) is 5.75 Å². The number of carbonyl (C=O) groups is 3. The van der Waals surface area contributed by atoms with Crippen LogP contribution in [0.4, 0.5) is 0 Å². The van der Waals surface area contributed by atoms with E-state index in [-0.39, 0.29) is 29.7 Å². The number of phenolic OH excluding ortho intramolecular Hbond substituents is 1. The number of nitrogens with zero attached hydrogens (tertiary/aromatic N) is 2. The van der Waals surface area contributed by atoms with Crippen LogP contribution in [0.2, 0.25) is 0 Å². The zero-order chi connectivity index (χ0) is 31.8. The molecule has 10 nitrogen and oxygen atoms in total. The number of aromatic hydroxyl groups is 1. The number of ketones is 2. The highest BCUT2D eigenvalue weighted by Gasteiger charge is 2.63. The summed E-state index contributed by atoms with van der Waals surface area (Å²) in [5, 5.41) is 47.4. The number of aliphatic hydroxyl groups excluding tert-OH is 2. The second-order valence-corrected chi connectivity index (χ2v) is 12.5. The Labute approximate surface area is 254 Å². The summed E-state index contributed by atoms with van der Waals surface area (Å²) in [5.74, 6) is -6.70. The van der Waals surface area contributed by atoms with E-state index >= 15 is 0 Å². The number of hydrogen-bond acceptors (Lipinski definition) is 9. The summed E-state index contributed by atoms with van der Waals surface area (Å²) in [6.07, 6.45) is 0.245. The van der Waals surface area contributed by atoms with Crippen LogP contribution in [0.3, 0.4) is 0 Å². The Morgan fingerprint density at radius 1 is 0.955 bits per heavy atom. The van der Waals surface area contributed by atoms with Gasteiger partial charge in [0.1, 0.15) is 22.8 Å². The second kappa shape index (κ2) is 10.3. The molecule has 4 atom stereocenters. The van der Waals surface area contributed by atoms with Crippen LogP contribution in [0.15, 0.2) is 71.2 Å². The summed E-state index contributed by atoms with van der Waals surface area (Å²) >= 11 is 0. The summed E-state index contributed by atoms with van der Waals surface area (Å²) < 4.78 is 0. The van der Waals surface area contributed by atoms with Gasteiger partial charge in [0.05, 0.1) is 11.6 Å². The Morgan fingerprint density at radius 2 is 1.61 bits per heavy atom. The lowest BCUT2D eigenvalue weighted by Gasteiger charge is -2.50. The fraction of sp³-hybridized carbons (Fsp3) is 0.324. The van der Waals surface area contributed by atoms with Crippen LogP contribution in [-0.2, 0) is 22.6 Å². The number of likely N-dealkylation sites (N-methyl/N-ethyl adjacent to an activating group) is 1. The number of benzene rings is 3. The summed E-state index contributed by atoms with van der Waals surface area (Å²) in [6, 6.07) is 14.2. The predicted molar refractivity (Wildman–Crippen MR) is 164 cm³/mol. The molecule has 0 spiro atoms. The molecule has 0 fully saturated rings. The number of hydrogen-bond donors (Lipinski definition) is 5. The number of amides is 1. The van der Waals surface area contributed by atoms with Gasteiger partial charge in [-0.2, -0.15) is 0 Å². The van der Waals surface area contributed by atoms with Gasteiger partial charge in [-0.3, -0.25) is 19.3 Å². The van der Waals surface area contributed by atoms with Crippen molar-refractivity contribution < 1.29 is 34.8 Å². The van der Waals surface area contributed by atoms with Gasteiger partial charge in [-0.15, -0.1) is 0 Å². The predicted octanol–water partition coefficient (Wildman–Crippen LogP) is 3.00. The molecule has 0 aliphatic heterocycles. The summed E-state index contributed by atoms with van der Waals surface area (Å²) in [7, 11) is 7.21. The minimum Gasteiger partial charge on any atom is -0.510 e. The van der Waals surface area contributed by atoms with Gasteiger partial charge in [-0.05, 0) is 86.0 Å². The largest absolute Gasteiger partial charge is 0.510 e. The van der Waals surface area contributed by atoms with Gasteiger partial charge in [0.2, 0.25) is 5.78 Å². The van der Waals surface area contributed by atoms with E-state index < -0.39 is 58.0 Å². The molecule has 6 N–H and O–H groups in total. The minimum atomic E-state index is -2.67. The van der Waals surface area contributed by atoms with Gasteiger partial charge in [0.15, 0.2) is 11.4 Å². The molecule has 0 heterocycles. The van der Waals surface area contributed by atoms with E-state index in [2.05, 4.69) is 17.0 Å². The van der Waals surface area contributed by atoms with Gasteiger partial charge in [-0.25, -0.2) is 0 Å². The van der Waals surface area contributed by atoms with E-state index in [4.69, 9.17) is 5.73 Å². The minimum absolute atomic E-state index is 0.00951. The number of fused-ring (bicyclic) bond motifs is 4. The average Bonchev–Trinajstić information content (AvgIpc) is 2.95. The topological polar surface area (TPSA) is 165 Å². The fourth-order valence-electron chi connectivity index (χ4n) is 7.58. The number of rotatable bonds is 5. The third-order valence-electron chi connectivity index (χ3n) is 9.40. The zero-order valence-electron chi connectivity index (χ0n) is 25.0. The molecule has 0 radical (unpaired) electrons. The fourth-order valence-corrected chi connectivity index (χ4v) is 7.58. The van der Waals surface area contributed by atoms with Crippen LogP contribution in [0.1, 0.15) is 27.9 Å². The quantitative estimate of drug-likeness (QED) is 0.278. The smallest absolute Gasteiger partial charge is 0.255 e. The van der Waals surface area contributed by atoms with Crippen molar-refractivity contribution in [2.75, 3.05) is 28.2 Å². The van der Waals surface area contributed by atoms with Crippen LogP contribution >= 0.6 is 0 Å². The van der Waals surface area contributed by atoms with Gasteiger partial charge in [0, 0.05) is 18.0 Å². The van der Waals surface area contributed by atoms with Crippen molar-refractivity contribution in [1.29, 1.82) is 0 Å². The highest BCUT2D eigenvalue weighted by Crippen LogP contribution is 2.53. The normalized spacial score (nSPS) is 25.0. The first kappa shape index (κ1) is 29.6. The number of carbonyl (C=O) groups excluding carboxylic acids is 3. The molecular formula is C34H35N3O7. The van der Waals surface area contributed by atoms with Crippen molar-refractivity contribution in [3.8, 4) is 16.9 Å². The molecular weight excluding hydrogens is 562 g/mol. The molecule has 3 aliphatic rings. The number of primary amides is 1. The Balaban J connectivity index is 1.55. The average molecular weight is 598 g/mol. The summed E-state index contributed by atoms with van der Waals surface area (Å²) in [4.78, 5) is 43.5. The first-order valence-electron chi connectivity index (χ1n) is 14.4. The zero-order valence-corrected chi connectivity index (χ0v) is 25.0. The summed E-state index contributed by atoms with van der Waals surface area (Å²) in [5.41, 5.74) is 5.09. The lowest BCUT2D eigenvalue weighted by atomic mass is 9.58. The second-order valence-electron chi connectivity index (χ2n) is 12.5. The van der Waals surface area contributed by atoms with Crippen molar-refractivity contribution in [3.05, 3.63) is 87.9 Å². The van der Waals surface area contributed by atoms with Crippen molar-refractivity contribution in [1.82, 2.24) is 9.80 Å². The van der Waals surface area contributed by atoms with E-state index in [9.17, 15) is 34.8 Å². The first-order valence-corrected chi connectivity index (χ1v) is 14.4. The number of nitrogens with two attached hydrogens (primary N) is 1. The number of allylic oxidation sites excluding steroid dienone is 1. The maximum Gasteiger partial charge on any atom is 0.255 e. The molecule has 6 rings (SSSR count). The first-order chi connectivity index (χ1) is 20.8. The van der Waals surface area contributed by atoms with Crippen molar-refractivity contribution >= 4 is 28.2 Å².